The fourth-order valence-electron chi connectivity index (χ4n) is 1.23. The summed E-state index contributed by atoms with van der Waals surface area (Å²) >= 11 is 5.93. The van der Waals surface area contributed by atoms with Gasteiger partial charge in [-0.25, -0.2) is 9.97 Å². The Labute approximate surface area is 94.6 Å². The highest BCUT2D eigenvalue weighted by molar-refractivity contribution is 6.30. The zero-order valence-corrected chi connectivity index (χ0v) is 9.91. The zero-order chi connectivity index (χ0) is 11.3. The predicted octanol–water partition coefficient (Wildman–Crippen LogP) is 2.11. The number of ether oxygens (including phenoxy) is 2. The van der Waals surface area contributed by atoms with Crippen molar-refractivity contribution in [1.82, 2.24) is 9.97 Å². The lowest BCUT2D eigenvalue weighted by Gasteiger charge is -2.15. The lowest BCUT2D eigenvalue weighted by atomic mass is 10.2. The molecule has 0 aliphatic heterocycles. The van der Waals surface area contributed by atoms with Crippen LogP contribution in [0.4, 0.5) is 0 Å². The molecule has 0 saturated carbocycles. The van der Waals surface area contributed by atoms with E-state index in [1.54, 1.807) is 7.11 Å². The van der Waals surface area contributed by atoms with Crippen molar-refractivity contribution in [3.63, 3.8) is 0 Å². The van der Waals surface area contributed by atoms with Crippen LogP contribution in [-0.4, -0.2) is 29.8 Å². The molecule has 84 valence electrons. The summed E-state index contributed by atoms with van der Waals surface area (Å²) in [6.45, 7) is 4.42. The summed E-state index contributed by atoms with van der Waals surface area (Å²) in [6.07, 6.45) is 2.09. The Morgan fingerprint density at radius 2 is 2.20 bits per heavy atom. The maximum Gasteiger partial charge on any atom is 0.221 e. The van der Waals surface area contributed by atoms with Crippen LogP contribution >= 0.6 is 11.6 Å². The highest BCUT2D eigenvalue weighted by Crippen LogP contribution is 2.22. The zero-order valence-electron chi connectivity index (χ0n) is 9.16. The fraction of sp³-hybridized carbons (Fsp3) is 0.600. The maximum atomic E-state index is 5.93. The predicted molar refractivity (Wildman–Crippen MR) is 58.4 cm³/mol. The molecule has 4 nitrogen and oxygen atoms in total. The lowest BCUT2D eigenvalue weighted by Crippen LogP contribution is -2.19. The second kappa shape index (κ2) is 5.88. The first kappa shape index (κ1) is 12.2. The number of methoxy groups -OCH3 is 1. The Morgan fingerprint density at radius 1 is 1.47 bits per heavy atom. The first-order valence-electron chi connectivity index (χ1n) is 4.84. The van der Waals surface area contributed by atoms with E-state index in [1.807, 2.05) is 13.8 Å². The van der Waals surface area contributed by atoms with Crippen molar-refractivity contribution < 1.29 is 9.47 Å². The van der Waals surface area contributed by atoms with E-state index in [2.05, 4.69) is 9.97 Å². The van der Waals surface area contributed by atoms with Crippen LogP contribution in [0.5, 0.6) is 5.88 Å². The van der Waals surface area contributed by atoms with Crippen molar-refractivity contribution in [1.29, 1.82) is 0 Å². The van der Waals surface area contributed by atoms with Crippen molar-refractivity contribution >= 4 is 11.6 Å². The van der Waals surface area contributed by atoms with Gasteiger partial charge in [0.15, 0.2) is 0 Å². The molecular formula is C10H15ClN2O2. The van der Waals surface area contributed by atoms with E-state index in [9.17, 15) is 0 Å². The summed E-state index contributed by atoms with van der Waals surface area (Å²) in [5.41, 5.74) is 0.835. The Bertz CT molecular complexity index is 320. The van der Waals surface area contributed by atoms with E-state index in [4.69, 9.17) is 21.1 Å². The highest BCUT2D eigenvalue weighted by Gasteiger charge is 2.12. The normalized spacial score (nSPS) is 12.5. The van der Waals surface area contributed by atoms with Gasteiger partial charge in [0.2, 0.25) is 5.88 Å². The van der Waals surface area contributed by atoms with Gasteiger partial charge in [-0.05, 0) is 13.3 Å². The third-order valence-corrected chi connectivity index (χ3v) is 2.25. The molecule has 1 unspecified atom stereocenters. The van der Waals surface area contributed by atoms with E-state index in [0.717, 1.165) is 12.0 Å². The van der Waals surface area contributed by atoms with Gasteiger partial charge < -0.3 is 9.47 Å². The molecule has 0 amide bonds. The van der Waals surface area contributed by atoms with Gasteiger partial charge in [-0.15, -0.1) is 0 Å². The van der Waals surface area contributed by atoms with Gasteiger partial charge in [-0.1, -0.05) is 18.5 Å². The second-order valence-electron chi connectivity index (χ2n) is 3.19. The molecule has 0 aromatic carbocycles. The summed E-state index contributed by atoms with van der Waals surface area (Å²) in [4.78, 5) is 7.97. The first-order chi connectivity index (χ1) is 7.19. The van der Waals surface area contributed by atoms with Crippen LogP contribution in [0, 0.1) is 0 Å². The molecule has 1 atom stereocenters. The molecule has 1 heterocycles. The maximum absolute atomic E-state index is 5.93. The molecule has 0 aliphatic carbocycles. The number of hydrogen-bond donors (Lipinski definition) is 0. The van der Waals surface area contributed by atoms with Gasteiger partial charge in [0, 0.05) is 7.11 Å². The molecule has 0 radical (unpaired) electrons. The first-order valence-corrected chi connectivity index (χ1v) is 5.21. The number of rotatable bonds is 5. The van der Waals surface area contributed by atoms with Crippen LogP contribution in [0.2, 0.25) is 5.15 Å². The lowest BCUT2D eigenvalue weighted by molar-refractivity contribution is 0.0881. The van der Waals surface area contributed by atoms with Crippen LogP contribution in [0.3, 0.4) is 0 Å². The van der Waals surface area contributed by atoms with E-state index in [-0.39, 0.29) is 6.10 Å². The third kappa shape index (κ3) is 3.32. The molecule has 0 saturated heterocycles. The summed E-state index contributed by atoms with van der Waals surface area (Å²) < 4.78 is 10.6. The van der Waals surface area contributed by atoms with E-state index >= 15 is 0 Å². The summed E-state index contributed by atoms with van der Waals surface area (Å²) in [6, 6.07) is 0. The molecule has 0 N–H and O–H groups in total. The largest absolute Gasteiger partial charge is 0.472 e. The minimum Gasteiger partial charge on any atom is -0.472 e. The monoisotopic (exact) mass is 230 g/mol. The molecule has 1 rings (SSSR count). The van der Waals surface area contributed by atoms with Gasteiger partial charge in [0.25, 0.3) is 0 Å². The van der Waals surface area contributed by atoms with Crippen LogP contribution in [0.1, 0.15) is 19.4 Å². The Morgan fingerprint density at radius 3 is 2.80 bits per heavy atom. The van der Waals surface area contributed by atoms with E-state index in [1.165, 1.54) is 6.33 Å². The second-order valence-corrected chi connectivity index (χ2v) is 3.54. The average Bonchev–Trinajstić information content (AvgIpc) is 2.18. The molecule has 0 bridgehead atoms. The quantitative estimate of drug-likeness (QED) is 0.727. The van der Waals surface area contributed by atoms with Crippen LogP contribution in [0.25, 0.3) is 0 Å². The Balaban J connectivity index is 2.80. The molecule has 0 spiro atoms. The Kier molecular flexibility index (Phi) is 4.78. The smallest absolute Gasteiger partial charge is 0.221 e. The Hall–Kier alpha value is -0.870. The van der Waals surface area contributed by atoms with Crippen molar-refractivity contribution in [2.45, 2.75) is 26.4 Å². The van der Waals surface area contributed by atoms with Gasteiger partial charge in [-0.2, -0.15) is 0 Å². The summed E-state index contributed by atoms with van der Waals surface area (Å²) in [7, 11) is 1.63. The van der Waals surface area contributed by atoms with Crippen molar-refractivity contribution in [2.75, 3.05) is 13.7 Å². The van der Waals surface area contributed by atoms with Gasteiger partial charge in [0.05, 0.1) is 12.2 Å². The number of aromatic nitrogens is 2. The minimum absolute atomic E-state index is 0.0498. The van der Waals surface area contributed by atoms with Gasteiger partial charge in [0.1, 0.15) is 17.6 Å². The standard InChI is InChI=1S/C10H15ClN2O2/c1-4-8-9(11)12-6-13-10(8)15-7(2)5-14-3/h6-7H,4-5H2,1-3H3. The van der Waals surface area contributed by atoms with Crippen molar-refractivity contribution in [2.24, 2.45) is 0 Å². The molecule has 1 aromatic heterocycles. The van der Waals surface area contributed by atoms with Crippen molar-refractivity contribution in [3.05, 3.63) is 17.0 Å². The number of halogens is 1. The number of hydrogen-bond acceptors (Lipinski definition) is 4. The van der Waals surface area contributed by atoms with E-state index in [0.29, 0.717) is 17.6 Å². The SMILES string of the molecule is CCc1c(Cl)ncnc1OC(C)COC. The molecule has 15 heavy (non-hydrogen) atoms. The summed E-state index contributed by atoms with van der Waals surface area (Å²) in [5, 5.41) is 0.451. The number of nitrogens with zero attached hydrogens (tertiary/aromatic N) is 2. The van der Waals surface area contributed by atoms with Gasteiger partial charge in [-0.3, -0.25) is 0 Å². The molecule has 0 aliphatic rings. The molecule has 1 aromatic rings. The molecule has 5 heteroatoms. The highest BCUT2D eigenvalue weighted by atomic mass is 35.5. The molecular weight excluding hydrogens is 216 g/mol. The minimum atomic E-state index is -0.0498. The van der Waals surface area contributed by atoms with Crippen LogP contribution < -0.4 is 4.74 Å². The fourth-order valence-corrected chi connectivity index (χ4v) is 1.49. The van der Waals surface area contributed by atoms with Crippen LogP contribution in [-0.2, 0) is 11.2 Å². The van der Waals surface area contributed by atoms with Gasteiger partial charge >= 0.3 is 0 Å². The van der Waals surface area contributed by atoms with Crippen LogP contribution in [0.15, 0.2) is 6.33 Å². The summed E-state index contributed by atoms with van der Waals surface area (Å²) in [5.74, 6) is 0.544. The average molecular weight is 231 g/mol. The van der Waals surface area contributed by atoms with E-state index < -0.39 is 0 Å². The third-order valence-electron chi connectivity index (χ3n) is 1.92. The topological polar surface area (TPSA) is 44.2 Å². The van der Waals surface area contributed by atoms with Crippen molar-refractivity contribution in [3.8, 4) is 5.88 Å². The molecule has 0 fully saturated rings.